The summed E-state index contributed by atoms with van der Waals surface area (Å²) in [5.74, 6) is 0.232. The maximum absolute atomic E-state index is 13.1. The number of carbonyl (C=O) groups excluding carboxylic acids is 1. The van der Waals surface area contributed by atoms with Gasteiger partial charge in [0.25, 0.3) is 5.91 Å². The van der Waals surface area contributed by atoms with E-state index in [0.717, 1.165) is 29.9 Å². The highest BCUT2D eigenvalue weighted by Crippen LogP contribution is 2.47. The number of carbonyl (C=O) groups is 1. The summed E-state index contributed by atoms with van der Waals surface area (Å²) in [7, 11) is 0. The summed E-state index contributed by atoms with van der Waals surface area (Å²) in [6, 6.07) is 7.11. The van der Waals surface area contributed by atoms with Crippen LogP contribution in [0.4, 0.5) is 5.69 Å². The van der Waals surface area contributed by atoms with Gasteiger partial charge in [-0.1, -0.05) is 11.6 Å². The third-order valence-corrected chi connectivity index (χ3v) is 5.92. The Bertz CT molecular complexity index is 1320. The Hall–Kier alpha value is -3.68. The van der Waals surface area contributed by atoms with Crippen LogP contribution < -0.4 is 5.32 Å². The number of hydrogen-bond acceptors (Lipinski definition) is 8. The number of aromatic nitrogens is 6. The molecule has 1 amide bonds. The highest BCUT2D eigenvalue weighted by molar-refractivity contribution is 7.08. The number of anilines is 1. The van der Waals surface area contributed by atoms with Crippen LogP contribution in [0.3, 0.4) is 0 Å². The van der Waals surface area contributed by atoms with Gasteiger partial charge in [0.05, 0.1) is 29.3 Å². The molecule has 1 fully saturated rings. The van der Waals surface area contributed by atoms with E-state index in [1.807, 2.05) is 0 Å². The molecule has 4 aromatic rings. The Morgan fingerprint density at radius 2 is 2.03 bits per heavy atom. The summed E-state index contributed by atoms with van der Waals surface area (Å²) in [6.45, 7) is 0. The van der Waals surface area contributed by atoms with Gasteiger partial charge in [-0.05, 0) is 48.5 Å². The van der Waals surface area contributed by atoms with Crippen LogP contribution in [-0.4, -0.2) is 35.2 Å². The number of nitriles is 1. The smallest absolute Gasteiger partial charge is 0.267 e. The first kappa shape index (κ1) is 19.3. The van der Waals surface area contributed by atoms with Crippen molar-refractivity contribution in [1.29, 1.82) is 5.26 Å². The summed E-state index contributed by atoms with van der Waals surface area (Å²) in [4.78, 5) is 23.4. The van der Waals surface area contributed by atoms with Crippen molar-refractivity contribution in [2.24, 2.45) is 0 Å². The van der Waals surface area contributed by atoms with E-state index >= 15 is 0 Å². The van der Waals surface area contributed by atoms with E-state index in [9.17, 15) is 10.1 Å². The lowest BCUT2D eigenvalue weighted by molar-refractivity contribution is 0.102. The molecule has 0 aromatic carbocycles. The molecule has 0 aliphatic heterocycles. The second-order valence-corrected chi connectivity index (χ2v) is 8.04. The predicted octanol–water partition coefficient (Wildman–Crippen LogP) is 3.84. The molecule has 0 bridgehead atoms. The van der Waals surface area contributed by atoms with Crippen molar-refractivity contribution in [2.45, 2.75) is 18.8 Å². The SMILES string of the molecule is N#Cc1cc(NC(=O)c2snc(-c3ncccc3Cl)c2C2CC2)cnc1-n1nccn1. The molecule has 4 heterocycles. The minimum Gasteiger partial charge on any atom is -0.320 e. The van der Waals surface area contributed by atoms with Crippen molar-refractivity contribution < 1.29 is 4.79 Å². The van der Waals surface area contributed by atoms with Gasteiger partial charge in [0.15, 0.2) is 5.82 Å². The Morgan fingerprint density at radius 3 is 2.74 bits per heavy atom. The van der Waals surface area contributed by atoms with E-state index in [-0.39, 0.29) is 23.2 Å². The lowest BCUT2D eigenvalue weighted by atomic mass is 10.1. The van der Waals surface area contributed by atoms with Gasteiger partial charge in [-0.15, -0.1) is 4.80 Å². The Labute approximate surface area is 185 Å². The van der Waals surface area contributed by atoms with Crippen molar-refractivity contribution in [2.75, 3.05) is 5.32 Å². The number of pyridine rings is 2. The lowest BCUT2D eigenvalue weighted by Crippen LogP contribution is -2.13. The normalized spacial score (nSPS) is 13.0. The maximum atomic E-state index is 13.1. The van der Waals surface area contributed by atoms with Gasteiger partial charge < -0.3 is 5.32 Å². The summed E-state index contributed by atoms with van der Waals surface area (Å²) < 4.78 is 4.50. The standard InChI is InChI=1S/C20H13ClN8OS/c21-14-2-1-5-23-16(14)17-15(11-3-4-11)18(31-28-17)20(30)27-13-8-12(9-22)19(24-10-13)29-25-6-7-26-29/h1-2,5-8,10-11H,3-4H2,(H,27,30). The molecule has 0 unspecified atom stereocenters. The van der Waals surface area contributed by atoms with E-state index in [1.54, 1.807) is 18.3 Å². The van der Waals surface area contributed by atoms with Crippen molar-refractivity contribution in [3.05, 3.63) is 64.0 Å². The van der Waals surface area contributed by atoms with E-state index < -0.39 is 0 Å². The van der Waals surface area contributed by atoms with Gasteiger partial charge in [0, 0.05) is 11.8 Å². The summed E-state index contributed by atoms with van der Waals surface area (Å²) in [6.07, 6.45) is 8.08. The molecular weight excluding hydrogens is 436 g/mol. The van der Waals surface area contributed by atoms with Crippen LogP contribution in [0.25, 0.3) is 17.2 Å². The average molecular weight is 449 g/mol. The van der Waals surface area contributed by atoms with Crippen LogP contribution in [0.5, 0.6) is 0 Å². The fourth-order valence-electron chi connectivity index (χ4n) is 3.22. The number of nitrogens with one attached hydrogen (secondary N) is 1. The first-order valence-electron chi connectivity index (χ1n) is 9.34. The zero-order chi connectivity index (χ0) is 21.4. The number of halogens is 1. The van der Waals surface area contributed by atoms with Crippen molar-refractivity contribution in [3.63, 3.8) is 0 Å². The van der Waals surface area contributed by atoms with Crippen molar-refractivity contribution in [1.82, 2.24) is 29.3 Å². The minimum absolute atomic E-state index is 0.238. The average Bonchev–Trinajstić information content (AvgIpc) is 3.29. The largest absolute Gasteiger partial charge is 0.320 e. The van der Waals surface area contributed by atoms with Crippen LogP contribution in [-0.2, 0) is 0 Å². The molecule has 9 nitrogen and oxygen atoms in total. The first-order chi connectivity index (χ1) is 15.2. The van der Waals surface area contributed by atoms with E-state index in [4.69, 9.17) is 11.6 Å². The van der Waals surface area contributed by atoms with Crippen molar-refractivity contribution >= 4 is 34.7 Å². The molecule has 1 N–H and O–H groups in total. The monoisotopic (exact) mass is 448 g/mol. The molecule has 0 radical (unpaired) electrons. The molecule has 31 heavy (non-hydrogen) atoms. The number of nitrogens with zero attached hydrogens (tertiary/aromatic N) is 7. The molecule has 0 atom stereocenters. The number of hydrogen-bond donors (Lipinski definition) is 1. The Morgan fingerprint density at radius 1 is 1.23 bits per heavy atom. The molecule has 4 aromatic heterocycles. The summed E-state index contributed by atoms with van der Waals surface area (Å²) in [5, 5.41) is 20.8. The summed E-state index contributed by atoms with van der Waals surface area (Å²) in [5.41, 5.74) is 2.73. The molecule has 0 spiro atoms. The molecular formula is C20H13ClN8OS. The second kappa shape index (κ2) is 7.86. The molecule has 0 saturated heterocycles. The van der Waals surface area contributed by atoms with Crippen LogP contribution in [0.2, 0.25) is 5.02 Å². The van der Waals surface area contributed by atoms with Crippen LogP contribution >= 0.6 is 23.1 Å². The fourth-order valence-corrected chi connectivity index (χ4v) is 4.30. The van der Waals surface area contributed by atoms with Gasteiger partial charge >= 0.3 is 0 Å². The third kappa shape index (κ3) is 3.65. The zero-order valence-corrected chi connectivity index (χ0v) is 17.4. The maximum Gasteiger partial charge on any atom is 0.267 e. The van der Waals surface area contributed by atoms with Crippen LogP contribution in [0.15, 0.2) is 43.0 Å². The van der Waals surface area contributed by atoms with E-state index in [0.29, 0.717) is 27.0 Å². The molecule has 1 aliphatic rings. The predicted molar refractivity (Wildman–Crippen MR) is 114 cm³/mol. The van der Waals surface area contributed by atoms with Gasteiger partial charge in [0.2, 0.25) is 0 Å². The Kier molecular flexibility index (Phi) is 4.89. The Balaban J connectivity index is 1.47. The van der Waals surface area contributed by atoms with Crippen molar-refractivity contribution in [3.8, 4) is 23.3 Å². The lowest BCUT2D eigenvalue weighted by Gasteiger charge is -2.08. The highest BCUT2D eigenvalue weighted by atomic mass is 35.5. The van der Waals surface area contributed by atoms with Gasteiger partial charge in [-0.2, -0.15) is 19.8 Å². The topological polar surface area (TPSA) is 122 Å². The quantitative estimate of drug-likeness (QED) is 0.492. The fraction of sp³-hybridized carbons (Fsp3) is 0.150. The molecule has 152 valence electrons. The molecule has 11 heteroatoms. The van der Waals surface area contributed by atoms with Gasteiger partial charge in [-0.25, -0.2) is 4.98 Å². The minimum atomic E-state index is -0.312. The van der Waals surface area contributed by atoms with E-state index in [1.165, 1.54) is 29.5 Å². The number of rotatable bonds is 5. The molecule has 1 aliphatic carbocycles. The summed E-state index contributed by atoms with van der Waals surface area (Å²) >= 11 is 7.43. The van der Waals surface area contributed by atoms with Gasteiger partial charge in [-0.3, -0.25) is 9.78 Å². The number of amides is 1. The second-order valence-electron chi connectivity index (χ2n) is 6.86. The molecule has 1 saturated carbocycles. The van der Waals surface area contributed by atoms with E-state index in [2.05, 4.69) is 35.9 Å². The zero-order valence-electron chi connectivity index (χ0n) is 15.9. The molecule has 5 rings (SSSR count). The van der Waals surface area contributed by atoms with Gasteiger partial charge in [0.1, 0.15) is 27.9 Å². The first-order valence-corrected chi connectivity index (χ1v) is 10.5. The van der Waals surface area contributed by atoms with Crippen LogP contribution in [0.1, 0.15) is 39.6 Å². The highest BCUT2D eigenvalue weighted by Gasteiger charge is 2.34. The van der Waals surface area contributed by atoms with Crippen LogP contribution in [0, 0.1) is 11.3 Å². The third-order valence-electron chi connectivity index (χ3n) is 4.76.